The number of hydrogen-bond donors (Lipinski definition) is 0. The van der Waals surface area contributed by atoms with Crippen LogP contribution in [0.3, 0.4) is 0 Å². The summed E-state index contributed by atoms with van der Waals surface area (Å²) in [5.74, 6) is -1.22. The van der Waals surface area contributed by atoms with Crippen molar-refractivity contribution in [2.75, 3.05) is 0 Å². The van der Waals surface area contributed by atoms with Gasteiger partial charge in [-0.15, -0.1) is 0 Å². The Kier molecular flexibility index (Phi) is 2.84. The number of aryl methyl sites for hydroxylation is 1. The molecule has 0 fully saturated rings. The van der Waals surface area contributed by atoms with Gasteiger partial charge in [0.2, 0.25) is 0 Å². The van der Waals surface area contributed by atoms with Crippen LogP contribution in [-0.4, -0.2) is 0 Å². The van der Waals surface area contributed by atoms with Crippen LogP contribution in [0, 0.1) is 16.3 Å². The molecule has 13 heavy (non-hydrogen) atoms. The number of halogens is 5. The van der Waals surface area contributed by atoms with E-state index in [-0.39, 0.29) is 0 Å². The smallest absolute Gasteiger partial charge is 0.206 e. The predicted octanol–water partition coefficient (Wildman–Crippen LogP) is 3.76. The van der Waals surface area contributed by atoms with Crippen molar-refractivity contribution in [3.05, 3.63) is 32.6 Å². The molecule has 0 amide bonds. The Morgan fingerprint density at radius 2 is 1.77 bits per heavy atom. The lowest BCUT2D eigenvalue weighted by Gasteiger charge is -2.09. The molecule has 0 nitrogen and oxygen atoms in total. The fourth-order valence-corrected chi connectivity index (χ4v) is 1.33. The van der Waals surface area contributed by atoms with Gasteiger partial charge in [0.05, 0.1) is 5.56 Å². The van der Waals surface area contributed by atoms with Gasteiger partial charge in [-0.3, -0.25) is 0 Å². The third-order valence-electron chi connectivity index (χ3n) is 1.55. The maximum Gasteiger partial charge on any atom is 0.419 e. The molecule has 0 bridgehead atoms. The van der Waals surface area contributed by atoms with Crippen LogP contribution in [0.15, 0.2) is 12.1 Å². The minimum absolute atomic E-state index is 0.409. The molecular weight excluding hydrogens is 299 g/mol. The maximum atomic E-state index is 12.8. The molecule has 0 aliphatic carbocycles. The molecule has 72 valence electrons. The van der Waals surface area contributed by atoms with Crippen LogP contribution in [0.4, 0.5) is 17.6 Å². The molecule has 0 radical (unpaired) electrons. The minimum atomic E-state index is -4.61. The standard InChI is InChI=1S/C8H5F4I/c1-4-2-6(9)5(3-7(4)13)8(10,11)12/h2-3H,1H3. The summed E-state index contributed by atoms with van der Waals surface area (Å²) >= 11 is 1.74. The Labute approximate surface area is 86.1 Å². The van der Waals surface area contributed by atoms with E-state index in [9.17, 15) is 17.6 Å². The summed E-state index contributed by atoms with van der Waals surface area (Å²) in [5, 5.41) is 0. The zero-order chi connectivity index (χ0) is 10.2. The topological polar surface area (TPSA) is 0 Å². The van der Waals surface area contributed by atoms with Crippen molar-refractivity contribution in [2.24, 2.45) is 0 Å². The first-order valence-corrected chi connectivity index (χ1v) is 4.43. The maximum absolute atomic E-state index is 12.8. The van der Waals surface area contributed by atoms with E-state index in [1.807, 2.05) is 0 Å². The van der Waals surface area contributed by atoms with E-state index in [1.54, 1.807) is 29.5 Å². The molecule has 0 saturated carbocycles. The second-order valence-electron chi connectivity index (χ2n) is 2.58. The van der Waals surface area contributed by atoms with E-state index in [1.165, 1.54) is 0 Å². The highest BCUT2D eigenvalue weighted by molar-refractivity contribution is 14.1. The van der Waals surface area contributed by atoms with Gasteiger partial charge in [-0.1, -0.05) is 0 Å². The first-order chi connectivity index (χ1) is 5.82. The SMILES string of the molecule is Cc1cc(F)c(C(F)(F)F)cc1I. The van der Waals surface area contributed by atoms with Crippen LogP contribution >= 0.6 is 22.6 Å². The van der Waals surface area contributed by atoms with Gasteiger partial charge in [-0.25, -0.2) is 4.39 Å². The lowest BCUT2D eigenvalue weighted by Crippen LogP contribution is -2.08. The van der Waals surface area contributed by atoms with Gasteiger partial charge in [0, 0.05) is 3.57 Å². The second kappa shape index (κ2) is 3.43. The first-order valence-electron chi connectivity index (χ1n) is 3.35. The Morgan fingerprint density at radius 1 is 1.23 bits per heavy atom. The normalized spacial score (nSPS) is 11.8. The van der Waals surface area contributed by atoms with E-state index in [2.05, 4.69) is 0 Å². The summed E-state index contributed by atoms with van der Waals surface area (Å²) in [5.41, 5.74) is -0.700. The molecule has 0 aliphatic rings. The Hall–Kier alpha value is -0.330. The zero-order valence-corrected chi connectivity index (χ0v) is 8.70. The number of hydrogen-bond acceptors (Lipinski definition) is 0. The van der Waals surface area contributed by atoms with E-state index >= 15 is 0 Å². The molecule has 0 aromatic heterocycles. The fourth-order valence-electron chi connectivity index (χ4n) is 0.864. The van der Waals surface area contributed by atoms with Gasteiger partial charge in [0.1, 0.15) is 5.82 Å². The zero-order valence-electron chi connectivity index (χ0n) is 6.54. The summed E-state index contributed by atoms with van der Waals surface area (Å²) in [6.07, 6.45) is -4.61. The van der Waals surface area contributed by atoms with E-state index in [4.69, 9.17) is 0 Å². The average molecular weight is 304 g/mol. The molecule has 0 unspecified atom stereocenters. The summed E-state index contributed by atoms with van der Waals surface area (Å²) in [6.45, 7) is 1.56. The molecule has 1 aromatic rings. The van der Waals surface area contributed by atoms with Crippen LogP contribution in [0.1, 0.15) is 11.1 Å². The molecule has 0 aliphatic heterocycles. The molecular formula is C8H5F4I. The van der Waals surface area contributed by atoms with Crippen molar-refractivity contribution in [2.45, 2.75) is 13.1 Å². The number of rotatable bonds is 0. The van der Waals surface area contributed by atoms with Gasteiger partial charge in [-0.2, -0.15) is 13.2 Å². The van der Waals surface area contributed by atoms with Gasteiger partial charge < -0.3 is 0 Å². The molecule has 0 spiro atoms. The molecule has 0 atom stereocenters. The average Bonchev–Trinajstić information content (AvgIpc) is 1.94. The van der Waals surface area contributed by atoms with Crippen molar-refractivity contribution in [1.82, 2.24) is 0 Å². The summed E-state index contributed by atoms with van der Waals surface area (Å²) in [7, 11) is 0. The monoisotopic (exact) mass is 304 g/mol. The first kappa shape index (κ1) is 10.7. The van der Waals surface area contributed by atoms with E-state index in [0.717, 1.165) is 12.1 Å². The molecule has 5 heteroatoms. The lowest BCUT2D eigenvalue weighted by molar-refractivity contribution is -0.140. The lowest BCUT2D eigenvalue weighted by atomic mass is 10.1. The highest BCUT2D eigenvalue weighted by Crippen LogP contribution is 2.33. The van der Waals surface area contributed by atoms with Crippen LogP contribution in [-0.2, 0) is 6.18 Å². The molecule has 1 rings (SSSR count). The number of benzene rings is 1. The molecule has 1 aromatic carbocycles. The van der Waals surface area contributed by atoms with Crippen molar-refractivity contribution in [3.63, 3.8) is 0 Å². The second-order valence-corrected chi connectivity index (χ2v) is 3.74. The largest absolute Gasteiger partial charge is 0.419 e. The summed E-state index contributed by atoms with van der Waals surface area (Å²) in [6, 6.07) is 1.70. The Bertz CT molecular complexity index is 330. The third kappa shape index (κ3) is 2.32. The molecule has 0 heterocycles. The predicted molar refractivity (Wildman–Crippen MR) is 48.9 cm³/mol. The van der Waals surface area contributed by atoms with Crippen LogP contribution in [0.2, 0.25) is 0 Å². The van der Waals surface area contributed by atoms with Crippen molar-refractivity contribution < 1.29 is 17.6 Å². The molecule has 0 N–H and O–H groups in total. The third-order valence-corrected chi connectivity index (χ3v) is 2.72. The summed E-state index contributed by atoms with van der Waals surface area (Å²) in [4.78, 5) is 0. The van der Waals surface area contributed by atoms with Crippen molar-refractivity contribution >= 4 is 22.6 Å². The fraction of sp³-hybridized carbons (Fsp3) is 0.250. The Morgan fingerprint density at radius 3 is 2.23 bits per heavy atom. The van der Waals surface area contributed by atoms with Gasteiger partial charge in [0.15, 0.2) is 0 Å². The van der Waals surface area contributed by atoms with Gasteiger partial charge in [-0.05, 0) is 47.2 Å². The number of alkyl halides is 3. The van der Waals surface area contributed by atoms with Crippen LogP contribution in [0.5, 0.6) is 0 Å². The molecule has 0 saturated heterocycles. The van der Waals surface area contributed by atoms with Crippen molar-refractivity contribution in [1.29, 1.82) is 0 Å². The quantitative estimate of drug-likeness (QED) is 0.506. The van der Waals surface area contributed by atoms with Crippen molar-refractivity contribution in [3.8, 4) is 0 Å². The van der Waals surface area contributed by atoms with E-state index < -0.39 is 17.6 Å². The van der Waals surface area contributed by atoms with Crippen LogP contribution in [0.25, 0.3) is 0 Å². The Balaban J connectivity index is 3.32. The summed E-state index contributed by atoms with van der Waals surface area (Å²) < 4.78 is 49.6. The van der Waals surface area contributed by atoms with Crippen LogP contribution < -0.4 is 0 Å². The minimum Gasteiger partial charge on any atom is -0.206 e. The van der Waals surface area contributed by atoms with Gasteiger partial charge >= 0.3 is 6.18 Å². The van der Waals surface area contributed by atoms with E-state index in [0.29, 0.717) is 9.13 Å². The highest BCUT2D eigenvalue weighted by Gasteiger charge is 2.34. The highest BCUT2D eigenvalue weighted by atomic mass is 127. The van der Waals surface area contributed by atoms with Gasteiger partial charge in [0.25, 0.3) is 0 Å².